The number of hydrogen-bond donors (Lipinski definition) is 0. The lowest BCUT2D eigenvalue weighted by Gasteiger charge is -2.41. The Balaban J connectivity index is 1.87. The molecule has 2 unspecified atom stereocenters. The smallest absolute Gasteiger partial charge is 0.172 e. The Hall–Kier alpha value is -0.450. The van der Waals surface area contributed by atoms with Crippen molar-refractivity contribution in [2.45, 2.75) is 31.8 Å². The molecule has 2 aliphatic heterocycles. The summed E-state index contributed by atoms with van der Waals surface area (Å²) in [6.07, 6.45) is 2.61. The molecule has 0 spiro atoms. The number of carbonyl (C=O) groups is 1. The van der Waals surface area contributed by atoms with Gasteiger partial charge in [0.05, 0.1) is 6.54 Å². The van der Waals surface area contributed by atoms with Crippen molar-refractivity contribution in [3.8, 4) is 0 Å². The number of ether oxygens (including phenoxy) is 1. The Morgan fingerprint density at radius 1 is 1.44 bits per heavy atom. The third-order valence-electron chi connectivity index (χ3n) is 3.75. The molecule has 0 radical (unpaired) electrons. The third kappa shape index (κ3) is 2.62. The first kappa shape index (κ1) is 12.0. The zero-order valence-electron chi connectivity index (χ0n) is 10.3. The van der Waals surface area contributed by atoms with Crippen LogP contribution < -0.4 is 0 Å². The lowest BCUT2D eigenvalue weighted by atomic mass is 10.1. The molecule has 2 rings (SSSR count). The van der Waals surface area contributed by atoms with Crippen molar-refractivity contribution < 1.29 is 9.53 Å². The molecule has 2 aliphatic rings. The number of methoxy groups -OCH3 is 1. The van der Waals surface area contributed by atoms with Gasteiger partial charge in [-0.2, -0.15) is 0 Å². The quantitative estimate of drug-likeness (QED) is 0.693. The molecule has 0 aliphatic carbocycles. The van der Waals surface area contributed by atoms with Crippen molar-refractivity contribution in [3.05, 3.63) is 0 Å². The van der Waals surface area contributed by atoms with Crippen molar-refractivity contribution in [1.82, 2.24) is 9.80 Å². The van der Waals surface area contributed by atoms with Crippen LogP contribution in [0.25, 0.3) is 0 Å². The minimum Gasteiger partial charge on any atom is -0.377 e. The number of ketones is 1. The van der Waals surface area contributed by atoms with Crippen molar-refractivity contribution in [1.29, 1.82) is 0 Å². The molecule has 0 saturated carbocycles. The summed E-state index contributed by atoms with van der Waals surface area (Å²) in [5.74, 6) is 0.195. The van der Waals surface area contributed by atoms with E-state index in [1.807, 2.05) is 0 Å². The molecule has 4 heteroatoms. The maximum absolute atomic E-state index is 11.6. The van der Waals surface area contributed by atoms with Gasteiger partial charge in [-0.05, 0) is 26.3 Å². The summed E-state index contributed by atoms with van der Waals surface area (Å²) in [5, 5.41) is 0. The Kier molecular flexibility index (Phi) is 3.95. The Bertz CT molecular complexity index is 257. The predicted octanol–water partition coefficient (Wildman–Crippen LogP) is 0.370. The van der Waals surface area contributed by atoms with Gasteiger partial charge in [-0.25, -0.2) is 0 Å². The van der Waals surface area contributed by atoms with Gasteiger partial charge in [0, 0.05) is 32.3 Å². The first-order valence-electron chi connectivity index (χ1n) is 6.19. The Morgan fingerprint density at radius 3 is 3.00 bits per heavy atom. The van der Waals surface area contributed by atoms with E-state index >= 15 is 0 Å². The maximum atomic E-state index is 11.6. The molecule has 4 nitrogen and oxygen atoms in total. The van der Waals surface area contributed by atoms with E-state index in [9.17, 15) is 4.79 Å². The minimum atomic E-state index is 0.195. The van der Waals surface area contributed by atoms with E-state index < -0.39 is 0 Å². The molecule has 2 heterocycles. The second kappa shape index (κ2) is 5.25. The highest BCUT2D eigenvalue weighted by atomic mass is 16.5. The maximum Gasteiger partial charge on any atom is 0.172 e. The van der Waals surface area contributed by atoms with E-state index in [1.165, 1.54) is 19.4 Å². The van der Waals surface area contributed by atoms with Crippen LogP contribution >= 0.6 is 0 Å². The molecule has 0 aromatic heterocycles. The summed E-state index contributed by atoms with van der Waals surface area (Å²) >= 11 is 0. The molecule has 0 N–H and O–H groups in total. The topological polar surface area (TPSA) is 32.8 Å². The molecule has 92 valence electrons. The van der Waals surface area contributed by atoms with E-state index in [4.69, 9.17) is 4.74 Å². The van der Waals surface area contributed by atoms with Crippen molar-refractivity contribution in [3.63, 3.8) is 0 Å². The largest absolute Gasteiger partial charge is 0.377 e. The third-order valence-corrected chi connectivity index (χ3v) is 3.75. The molecule has 16 heavy (non-hydrogen) atoms. The van der Waals surface area contributed by atoms with Gasteiger partial charge < -0.3 is 4.74 Å². The summed E-state index contributed by atoms with van der Waals surface area (Å²) in [5.41, 5.74) is 0. The molecule has 0 bridgehead atoms. The van der Waals surface area contributed by atoms with E-state index in [0.717, 1.165) is 13.1 Å². The number of nitrogens with zero attached hydrogens (tertiary/aromatic N) is 2. The first-order chi connectivity index (χ1) is 7.70. The Labute approximate surface area is 97.5 Å². The molecular weight excluding hydrogens is 204 g/mol. The van der Waals surface area contributed by atoms with Crippen LogP contribution in [0.15, 0.2) is 0 Å². The van der Waals surface area contributed by atoms with Crippen LogP contribution in [0.3, 0.4) is 0 Å². The van der Waals surface area contributed by atoms with Crippen LogP contribution in [-0.2, 0) is 9.53 Å². The Morgan fingerprint density at radius 2 is 2.25 bits per heavy atom. The van der Waals surface area contributed by atoms with Crippen LogP contribution in [0, 0.1) is 0 Å². The van der Waals surface area contributed by atoms with Crippen LogP contribution in [0.2, 0.25) is 0 Å². The second-order valence-electron chi connectivity index (χ2n) is 5.04. The van der Waals surface area contributed by atoms with E-state index in [1.54, 1.807) is 7.11 Å². The van der Waals surface area contributed by atoms with Crippen LogP contribution in [0.4, 0.5) is 0 Å². The summed E-state index contributed by atoms with van der Waals surface area (Å²) in [6.45, 7) is 6.43. The van der Waals surface area contributed by atoms with Crippen LogP contribution in [0.5, 0.6) is 0 Å². The zero-order chi connectivity index (χ0) is 11.5. The zero-order valence-corrected chi connectivity index (χ0v) is 10.3. The SMILES string of the molecule is COCC(=O)CN1CC2CCCN2CC1C. The average molecular weight is 226 g/mol. The number of fused-ring (bicyclic) bond motifs is 1. The summed E-state index contributed by atoms with van der Waals surface area (Å²) < 4.78 is 4.88. The second-order valence-corrected chi connectivity index (χ2v) is 5.04. The highest BCUT2D eigenvalue weighted by Gasteiger charge is 2.34. The number of Topliss-reactive ketones (excluding diaryl/α,β-unsaturated/α-hetero) is 1. The highest BCUT2D eigenvalue weighted by molar-refractivity contribution is 5.81. The van der Waals surface area contributed by atoms with Gasteiger partial charge in [-0.3, -0.25) is 14.6 Å². The number of rotatable bonds is 4. The summed E-state index contributed by atoms with van der Waals surface area (Å²) in [4.78, 5) is 16.5. The lowest BCUT2D eigenvalue weighted by Crippen LogP contribution is -2.56. The lowest BCUT2D eigenvalue weighted by molar-refractivity contribution is -0.125. The highest BCUT2D eigenvalue weighted by Crippen LogP contribution is 2.24. The fraction of sp³-hybridized carbons (Fsp3) is 0.917. The normalized spacial score (nSPS) is 31.6. The molecule has 2 atom stereocenters. The first-order valence-corrected chi connectivity index (χ1v) is 6.19. The fourth-order valence-electron chi connectivity index (χ4n) is 2.90. The van der Waals surface area contributed by atoms with Gasteiger partial charge >= 0.3 is 0 Å². The van der Waals surface area contributed by atoms with Gasteiger partial charge in [0.25, 0.3) is 0 Å². The summed E-state index contributed by atoms with van der Waals surface area (Å²) in [6, 6.07) is 1.18. The molecule has 2 fully saturated rings. The van der Waals surface area contributed by atoms with Gasteiger partial charge in [0.15, 0.2) is 5.78 Å². The van der Waals surface area contributed by atoms with E-state index in [-0.39, 0.29) is 12.4 Å². The monoisotopic (exact) mass is 226 g/mol. The minimum absolute atomic E-state index is 0.195. The van der Waals surface area contributed by atoms with E-state index in [0.29, 0.717) is 18.6 Å². The van der Waals surface area contributed by atoms with Crippen molar-refractivity contribution in [2.24, 2.45) is 0 Å². The van der Waals surface area contributed by atoms with Gasteiger partial charge in [-0.1, -0.05) is 0 Å². The van der Waals surface area contributed by atoms with Gasteiger partial charge in [-0.15, -0.1) is 0 Å². The standard InChI is InChI=1S/C12H22N2O2/c1-10-6-13-5-3-4-11(13)7-14(10)8-12(15)9-16-2/h10-11H,3-9H2,1-2H3. The number of carbonyl (C=O) groups excluding carboxylic acids is 1. The van der Waals surface area contributed by atoms with Crippen molar-refractivity contribution in [2.75, 3.05) is 39.9 Å². The predicted molar refractivity (Wildman–Crippen MR) is 62.5 cm³/mol. The molecular formula is C12H22N2O2. The molecule has 0 aromatic carbocycles. The molecule has 2 saturated heterocycles. The van der Waals surface area contributed by atoms with E-state index in [2.05, 4.69) is 16.7 Å². The van der Waals surface area contributed by atoms with Gasteiger partial charge in [0.2, 0.25) is 0 Å². The van der Waals surface area contributed by atoms with Gasteiger partial charge in [0.1, 0.15) is 6.61 Å². The molecule has 0 amide bonds. The summed E-state index contributed by atoms with van der Waals surface area (Å²) in [7, 11) is 1.58. The number of piperazine rings is 1. The average Bonchev–Trinajstić information content (AvgIpc) is 2.65. The van der Waals surface area contributed by atoms with Crippen LogP contribution in [-0.4, -0.2) is 67.6 Å². The van der Waals surface area contributed by atoms with Crippen molar-refractivity contribution >= 4 is 5.78 Å². The molecule has 0 aromatic rings. The number of hydrogen-bond acceptors (Lipinski definition) is 4. The fourth-order valence-corrected chi connectivity index (χ4v) is 2.90. The van der Waals surface area contributed by atoms with Crippen LogP contribution in [0.1, 0.15) is 19.8 Å².